The predicted octanol–water partition coefficient (Wildman–Crippen LogP) is 12.5. The van der Waals surface area contributed by atoms with Crippen LogP contribution in [0.2, 0.25) is 0 Å². The molecule has 2 N–H and O–H groups in total. The summed E-state index contributed by atoms with van der Waals surface area (Å²) in [4.78, 5) is 33.6. The monoisotopic (exact) mass is 943 g/mol. The number of aliphatic carboxylic acids is 1. The fourth-order valence-electron chi connectivity index (χ4n) is 7.31. The van der Waals surface area contributed by atoms with Gasteiger partial charge in [0.15, 0.2) is 0 Å². The first-order valence-electron chi connectivity index (χ1n) is 20.8. The van der Waals surface area contributed by atoms with Gasteiger partial charge in [-0.25, -0.2) is 0 Å². The molecular formula is C47H54Cl2F3N5O4S2. The van der Waals surface area contributed by atoms with Crippen LogP contribution in [0.1, 0.15) is 65.8 Å². The van der Waals surface area contributed by atoms with Gasteiger partial charge < -0.3 is 29.6 Å². The lowest BCUT2D eigenvalue weighted by Gasteiger charge is -2.37. The molecule has 0 saturated carbocycles. The number of carbonyl (C=O) groups excluding carboxylic acids is 1. The summed E-state index contributed by atoms with van der Waals surface area (Å²) in [6, 6.07) is 28.8. The molecule has 2 aliphatic heterocycles. The van der Waals surface area contributed by atoms with Crippen LogP contribution >= 0.6 is 46.7 Å². The minimum Gasteiger partial charge on any atom is -0.481 e. The van der Waals surface area contributed by atoms with Gasteiger partial charge in [0, 0.05) is 69.9 Å². The SMILES string of the molecule is CSc1ccc2c(c1)N(CCC1CCCCN1C)c1ccccc1S2.Cc1oncc1C(=O)Nc1ccc(C(F)(F)F)cc1.O=C(O)CCCc1ccc(N(CCCl)CCCl)cc1. The number of thioether (sulfide) groups is 1. The maximum atomic E-state index is 12.4. The molecule has 5 aromatic rings. The van der Waals surface area contributed by atoms with Gasteiger partial charge in [-0.05, 0) is 131 Å². The Balaban J connectivity index is 0.000000181. The number of amides is 1. The smallest absolute Gasteiger partial charge is 0.416 e. The van der Waals surface area contributed by atoms with Crippen LogP contribution in [0.4, 0.5) is 35.9 Å². The number of carboxylic acid groups (broad SMARTS) is 1. The van der Waals surface area contributed by atoms with Gasteiger partial charge in [-0.2, -0.15) is 13.2 Å². The molecule has 3 heterocycles. The molecule has 4 aromatic carbocycles. The number of hydrogen-bond acceptors (Lipinski definition) is 9. The summed E-state index contributed by atoms with van der Waals surface area (Å²) >= 11 is 15.3. The van der Waals surface area contributed by atoms with Crippen molar-refractivity contribution >= 4 is 81.4 Å². The molecule has 63 heavy (non-hydrogen) atoms. The number of fused-ring (bicyclic) bond motifs is 2. The number of aryl methyl sites for hydroxylation is 2. The Hall–Kier alpha value is -4.34. The zero-order chi connectivity index (χ0) is 45.4. The lowest BCUT2D eigenvalue weighted by Crippen LogP contribution is -2.38. The average Bonchev–Trinajstić information content (AvgIpc) is 3.71. The van der Waals surface area contributed by atoms with Crippen molar-refractivity contribution < 1.29 is 32.4 Å². The summed E-state index contributed by atoms with van der Waals surface area (Å²) in [5, 5.41) is 14.5. The largest absolute Gasteiger partial charge is 0.481 e. The molecule has 1 unspecified atom stereocenters. The quantitative estimate of drug-likeness (QED) is 0.0779. The van der Waals surface area contributed by atoms with E-state index < -0.39 is 23.6 Å². The molecule has 1 atom stereocenters. The van der Waals surface area contributed by atoms with Crippen LogP contribution in [0.3, 0.4) is 0 Å². The van der Waals surface area contributed by atoms with Gasteiger partial charge in [-0.3, -0.25) is 9.59 Å². The lowest BCUT2D eigenvalue weighted by atomic mass is 9.99. The summed E-state index contributed by atoms with van der Waals surface area (Å²) in [7, 11) is 2.30. The number of nitrogens with zero attached hydrogens (tertiary/aromatic N) is 4. The Bertz CT molecular complexity index is 2210. The molecule has 338 valence electrons. The van der Waals surface area contributed by atoms with Crippen molar-refractivity contribution in [3.63, 3.8) is 0 Å². The van der Waals surface area contributed by atoms with Gasteiger partial charge in [0.1, 0.15) is 11.3 Å². The number of benzene rings is 4. The first-order chi connectivity index (χ1) is 30.3. The zero-order valence-corrected chi connectivity index (χ0v) is 38.8. The van der Waals surface area contributed by atoms with E-state index in [1.807, 2.05) is 47.8 Å². The molecule has 1 fully saturated rings. The molecule has 1 aromatic heterocycles. The number of carbonyl (C=O) groups is 2. The van der Waals surface area contributed by atoms with E-state index in [-0.39, 0.29) is 17.7 Å². The second kappa shape index (κ2) is 24.6. The molecule has 7 rings (SSSR count). The van der Waals surface area contributed by atoms with E-state index in [0.717, 1.165) is 55.5 Å². The number of alkyl halides is 5. The summed E-state index contributed by atoms with van der Waals surface area (Å²) in [5.74, 6) is 0.240. The number of nitrogens with one attached hydrogen (secondary N) is 1. The summed E-state index contributed by atoms with van der Waals surface area (Å²) in [6.07, 6.45) is 6.00. The van der Waals surface area contributed by atoms with Crippen LogP contribution in [-0.4, -0.2) is 84.3 Å². The Morgan fingerprint density at radius 1 is 0.968 bits per heavy atom. The Morgan fingerprint density at radius 2 is 1.67 bits per heavy atom. The zero-order valence-electron chi connectivity index (χ0n) is 35.7. The summed E-state index contributed by atoms with van der Waals surface area (Å²) < 4.78 is 41.8. The standard InChI is InChI=1S/C21H26N2S2.C14H19Cl2NO2.C12H9F3N2O2/c1-22-13-6-5-7-16(22)12-14-23-18-8-3-4-9-20(18)25-21-11-10-17(24-2)15-19(21)23;15-8-10-17(11-9-16)13-6-4-12(5-7-13)2-1-3-14(18)19;1-7-10(6-16-19-7)11(18)17-9-4-2-8(3-5-9)12(13,14)15/h3-4,8-11,15-16H,5-7,12-14H2,1-2H3;4-7H,1-3,8-11H2,(H,18,19);2-6H,1H3,(H,17,18). The van der Waals surface area contributed by atoms with Gasteiger partial charge in [-0.1, -0.05) is 47.6 Å². The summed E-state index contributed by atoms with van der Waals surface area (Å²) in [6.45, 7) is 5.45. The van der Waals surface area contributed by atoms with Crippen LogP contribution in [0.25, 0.3) is 0 Å². The predicted molar refractivity (Wildman–Crippen MR) is 252 cm³/mol. The first-order valence-corrected chi connectivity index (χ1v) is 23.9. The lowest BCUT2D eigenvalue weighted by molar-refractivity contribution is -0.138. The Labute approximate surface area is 386 Å². The molecule has 9 nitrogen and oxygen atoms in total. The molecule has 0 aliphatic carbocycles. The highest BCUT2D eigenvalue weighted by Crippen LogP contribution is 2.49. The van der Waals surface area contributed by atoms with E-state index >= 15 is 0 Å². The third-order valence-corrected chi connectivity index (χ3v) is 13.0. The highest BCUT2D eigenvalue weighted by molar-refractivity contribution is 8.00. The molecule has 2 aliphatic rings. The van der Waals surface area contributed by atoms with Crippen molar-refractivity contribution in [2.75, 3.05) is 66.4 Å². The van der Waals surface area contributed by atoms with Crippen LogP contribution in [0.15, 0.2) is 116 Å². The number of para-hydroxylation sites is 1. The van der Waals surface area contributed by atoms with E-state index in [4.69, 9.17) is 32.8 Å². The van der Waals surface area contributed by atoms with Crippen molar-refractivity contribution in [3.05, 3.63) is 120 Å². The number of hydrogen-bond donors (Lipinski definition) is 2. The van der Waals surface area contributed by atoms with Crippen LogP contribution in [0.5, 0.6) is 0 Å². The normalized spacial score (nSPS) is 14.6. The third kappa shape index (κ3) is 14.9. The van der Waals surface area contributed by atoms with Crippen LogP contribution in [0, 0.1) is 6.92 Å². The minimum atomic E-state index is -4.40. The van der Waals surface area contributed by atoms with Crippen LogP contribution in [-0.2, 0) is 17.4 Å². The number of halogens is 5. The van der Waals surface area contributed by atoms with E-state index in [1.165, 1.54) is 76.6 Å². The Morgan fingerprint density at radius 3 is 2.29 bits per heavy atom. The van der Waals surface area contributed by atoms with Gasteiger partial charge in [0.2, 0.25) is 0 Å². The first kappa shape index (κ1) is 49.7. The molecule has 0 spiro atoms. The van der Waals surface area contributed by atoms with Gasteiger partial charge >= 0.3 is 12.1 Å². The maximum Gasteiger partial charge on any atom is 0.416 e. The second-order valence-corrected chi connectivity index (χ2v) is 17.8. The Kier molecular flexibility index (Phi) is 19.4. The number of carboxylic acids is 1. The van der Waals surface area contributed by atoms with Crippen molar-refractivity contribution in [2.45, 2.75) is 78.8 Å². The van der Waals surface area contributed by atoms with E-state index in [2.05, 4.69) is 80.9 Å². The summed E-state index contributed by atoms with van der Waals surface area (Å²) in [5.41, 5.74) is 4.74. The van der Waals surface area contributed by atoms with Crippen LogP contribution < -0.4 is 15.1 Å². The number of likely N-dealkylation sites (tertiary alicyclic amines) is 1. The minimum absolute atomic E-state index is 0.215. The number of anilines is 4. The highest BCUT2D eigenvalue weighted by Gasteiger charge is 2.30. The van der Waals surface area contributed by atoms with Crippen molar-refractivity contribution in [1.29, 1.82) is 0 Å². The number of piperidine rings is 1. The number of rotatable bonds is 15. The maximum absolute atomic E-state index is 12.4. The van der Waals surface area contributed by atoms with E-state index in [9.17, 15) is 22.8 Å². The third-order valence-electron chi connectivity index (χ3n) is 10.8. The molecule has 1 amide bonds. The van der Waals surface area contributed by atoms with E-state index in [1.54, 1.807) is 6.92 Å². The second-order valence-electron chi connectivity index (χ2n) is 15.1. The molecule has 16 heteroatoms. The van der Waals surface area contributed by atoms with Gasteiger partial charge in [0.05, 0.1) is 23.1 Å². The molecular weight excluding hydrogens is 891 g/mol. The molecule has 1 saturated heterocycles. The fraction of sp³-hybridized carbons (Fsp3) is 0.383. The van der Waals surface area contributed by atoms with E-state index in [0.29, 0.717) is 23.9 Å². The highest BCUT2D eigenvalue weighted by atomic mass is 35.5. The van der Waals surface area contributed by atoms with Gasteiger partial charge in [0.25, 0.3) is 5.91 Å². The average molecular weight is 945 g/mol. The fourth-order valence-corrected chi connectivity index (χ4v) is 9.23. The topological polar surface area (TPSA) is 102 Å². The van der Waals surface area contributed by atoms with Gasteiger partial charge in [-0.15, -0.1) is 35.0 Å². The van der Waals surface area contributed by atoms with Crippen molar-refractivity contribution in [1.82, 2.24) is 10.1 Å². The van der Waals surface area contributed by atoms with Crippen molar-refractivity contribution in [3.8, 4) is 0 Å². The molecule has 0 bridgehead atoms. The molecule has 0 radical (unpaired) electrons. The van der Waals surface area contributed by atoms with Crippen molar-refractivity contribution in [2.24, 2.45) is 0 Å². The number of aromatic nitrogens is 1.